The minimum Gasteiger partial charge on any atom is -0.439 e. The monoisotopic (exact) mass is 407 g/mol. The molecule has 0 aliphatic carbocycles. The van der Waals surface area contributed by atoms with Gasteiger partial charge in [0.05, 0.1) is 10.5 Å². The number of hydrogen-bond acceptors (Lipinski definition) is 6. The first kappa shape index (κ1) is 20.6. The van der Waals surface area contributed by atoms with Crippen LogP contribution in [0.2, 0.25) is 0 Å². The molecule has 0 saturated heterocycles. The molecule has 0 fully saturated rings. The third-order valence-corrected chi connectivity index (χ3v) is 4.46. The van der Waals surface area contributed by atoms with Gasteiger partial charge >= 0.3 is 13.8 Å². The Kier molecular flexibility index (Phi) is 5.73. The summed E-state index contributed by atoms with van der Waals surface area (Å²) < 4.78 is 54.0. The quantitative estimate of drug-likeness (QED) is 0.375. The molecule has 1 atom stereocenters. The fraction of sp³-hybridized carbons (Fsp3) is 0.214. The van der Waals surface area contributed by atoms with Crippen molar-refractivity contribution in [1.82, 2.24) is 4.98 Å². The fourth-order valence-corrected chi connectivity index (χ4v) is 2.20. The molecule has 0 radical (unpaired) electrons. The molecule has 2 rings (SSSR count). The Balaban J connectivity index is 2.29. The standard InChI is InChI=1S/C14H13F3N3O6P/c1-8(27(23,24)25)19-11-6-10(3-4-12(11)20(21)22)26-13-5-2-9(7-18-13)14(15,16)17/h2-8,19H,1H3,(H2,23,24,25). The number of ether oxygens (including phenoxy) is 1. The van der Waals surface area contributed by atoms with Crippen molar-refractivity contribution in [3.8, 4) is 11.6 Å². The number of nitro benzene ring substituents is 1. The highest BCUT2D eigenvalue weighted by atomic mass is 31.2. The van der Waals surface area contributed by atoms with E-state index >= 15 is 0 Å². The predicted molar refractivity (Wildman–Crippen MR) is 87.5 cm³/mol. The topological polar surface area (TPSA) is 135 Å². The summed E-state index contributed by atoms with van der Waals surface area (Å²) in [4.78, 5) is 32.0. The molecule has 146 valence electrons. The van der Waals surface area contributed by atoms with Gasteiger partial charge in [-0.25, -0.2) is 4.98 Å². The van der Waals surface area contributed by atoms with Gasteiger partial charge in [0.2, 0.25) is 5.88 Å². The van der Waals surface area contributed by atoms with Crippen LogP contribution in [-0.4, -0.2) is 25.5 Å². The minimum atomic E-state index is -4.57. The second-order valence-electron chi connectivity index (χ2n) is 5.33. The number of aromatic nitrogens is 1. The third kappa shape index (κ3) is 5.39. The van der Waals surface area contributed by atoms with E-state index in [0.29, 0.717) is 6.20 Å². The van der Waals surface area contributed by atoms with Gasteiger partial charge in [0.15, 0.2) is 0 Å². The Labute approximate surface area is 150 Å². The molecule has 9 nitrogen and oxygen atoms in total. The lowest BCUT2D eigenvalue weighted by molar-refractivity contribution is -0.384. The van der Waals surface area contributed by atoms with Crippen LogP contribution in [-0.2, 0) is 10.7 Å². The number of nitrogens with zero attached hydrogens (tertiary/aromatic N) is 2. The lowest BCUT2D eigenvalue weighted by Gasteiger charge is -2.17. The molecule has 1 unspecified atom stereocenters. The number of rotatable bonds is 6. The first-order chi connectivity index (χ1) is 12.4. The van der Waals surface area contributed by atoms with E-state index < -0.39 is 35.7 Å². The van der Waals surface area contributed by atoms with Crippen molar-refractivity contribution in [3.05, 3.63) is 52.2 Å². The normalized spacial score (nSPS) is 13.1. The van der Waals surface area contributed by atoms with Gasteiger partial charge in [0.25, 0.3) is 5.69 Å². The second kappa shape index (κ2) is 7.51. The lowest BCUT2D eigenvalue weighted by Crippen LogP contribution is -2.16. The molecule has 27 heavy (non-hydrogen) atoms. The minimum absolute atomic E-state index is 0.0340. The van der Waals surface area contributed by atoms with Crippen LogP contribution in [0.1, 0.15) is 12.5 Å². The number of nitrogens with one attached hydrogen (secondary N) is 1. The summed E-state index contributed by atoms with van der Waals surface area (Å²) in [5.74, 6) is -1.66. The van der Waals surface area contributed by atoms with Crippen LogP contribution in [0.4, 0.5) is 24.5 Å². The Hall–Kier alpha value is -2.69. The summed E-state index contributed by atoms with van der Waals surface area (Å²) in [6.45, 7) is 1.13. The van der Waals surface area contributed by atoms with Crippen LogP contribution in [0, 0.1) is 10.1 Å². The highest BCUT2D eigenvalue weighted by Crippen LogP contribution is 2.43. The van der Waals surface area contributed by atoms with Gasteiger partial charge < -0.3 is 19.8 Å². The zero-order chi connectivity index (χ0) is 20.4. The van der Waals surface area contributed by atoms with Crippen LogP contribution in [0.5, 0.6) is 11.6 Å². The molecule has 1 heterocycles. The van der Waals surface area contributed by atoms with Crippen molar-refractivity contribution >= 4 is 19.0 Å². The van der Waals surface area contributed by atoms with Crippen LogP contribution in [0.25, 0.3) is 0 Å². The molecule has 0 bridgehead atoms. The Morgan fingerprint density at radius 1 is 1.30 bits per heavy atom. The summed E-state index contributed by atoms with van der Waals surface area (Å²) in [5.41, 5.74) is -1.68. The van der Waals surface area contributed by atoms with E-state index in [1.54, 1.807) is 0 Å². The van der Waals surface area contributed by atoms with Crippen LogP contribution in [0.15, 0.2) is 36.5 Å². The predicted octanol–water partition coefficient (Wildman–Crippen LogP) is 3.74. The smallest absolute Gasteiger partial charge is 0.417 e. The van der Waals surface area contributed by atoms with Crippen molar-refractivity contribution in [2.24, 2.45) is 0 Å². The first-order valence-electron chi connectivity index (χ1n) is 7.19. The first-order valence-corrected chi connectivity index (χ1v) is 8.87. The molecule has 2 aromatic rings. The van der Waals surface area contributed by atoms with Crippen LogP contribution < -0.4 is 10.1 Å². The van der Waals surface area contributed by atoms with Crippen molar-refractivity contribution in [1.29, 1.82) is 0 Å². The van der Waals surface area contributed by atoms with Crippen LogP contribution in [0.3, 0.4) is 0 Å². The maximum atomic E-state index is 12.5. The Morgan fingerprint density at radius 3 is 2.44 bits per heavy atom. The molecule has 13 heteroatoms. The average molecular weight is 407 g/mol. The summed E-state index contributed by atoms with van der Waals surface area (Å²) in [5, 5.41) is 13.4. The Morgan fingerprint density at radius 2 is 1.96 bits per heavy atom. The number of pyridine rings is 1. The van der Waals surface area contributed by atoms with Crippen molar-refractivity contribution in [3.63, 3.8) is 0 Å². The number of hydrogen-bond donors (Lipinski definition) is 3. The molecular formula is C14H13F3N3O6P. The molecule has 0 saturated carbocycles. The van der Waals surface area contributed by atoms with E-state index in [1.807, 2.05) is 0 Å². The van der Waals surface area contributed by atoms with E-state index in [2.05, 4.69) is 10.3 Å². The number of nitro groups is 1. The van der Waals surface area contributed by atoms with Gasteiger partial charge in [-0.3, -0.25) is 14.7 Å². The average Bonchev–Trinajstić information content (AvgIpc) is 2.53. The summed E-state index contributed by atoms with van der Waals surface area (Å²) in [7, 11) is -4.57. The SMILES string of the molecule is CC(Nc1cc(Oc2ccc(C(F)(F)F)cn2)ccc1[N+](=O)[O-])P(=O)(O)O. The van der Waals surface area contributed by atoms with E-state index in [1.165, 1.54) is 6.07 Å². The van der Waals surface area contributed by atoms with E-state index in [9.17, 15) is 27.9 Å². The van der Waals surface area contributed by atoms with Gasteiger partial charge in [-0.2, -0.15) is 13.2 Å². The number of halogens is 3. The van der Waals surface area contributed by atoms with Gasteiger partial charge in [-0.15, -0.1) is 0 Å². The zero-order valence-electron chi connectivity index (χ0n) is 13.5. The molecule has 0 aliphatic rings. The summed E-state index contributed by atoms with van der Waals surface area (Å²) in [6.07, 6.45) is -4.00. The van der Waals surface area contributed by atoms with Gasteiger partial charge in [-0.05, 0) is 19.1 Å². The molecule has 0 amide bonds. The molecule has 1 aromatic heterocycles. The van der Waals surface area contributed by atoms with Crippen molar-refractivity contribution in [2.75, 3.05) is 5.32 Å². The highest BCUT2D eigenvalue weighted by molar-refractivity contribution is 7.52. The summed E-state index contributed by atoms with van der Waals surface area (Å²) in [6, 6.07) is 5.00. The van der Waals surface area contributed by atoms with Crippen molar-refractivity contribution in [2.45, 2.75) is 18.9 Å². The molecule has 3 N–H and O–H groups in total. The number of anilines is 1. The second-order valence-corrected chi connectivity index (χ2v) is 7.28. The van der Waals surface area contributed by atoms with E-state index in [4.69, 9.17) is 14.5 Å². The number of benzene rings is 1. The summed E-state index contributed by atoms with van der Waals surface area (Å²) >= 11 is 0. The highest BCUT2D eigenvalue weighted by Gasteiger charge is 2.31. The van der Waals surface area contributed by atoms with Gasteiger partial charge in [0.1, 0.15) is 17.2 Å². The largest absolute Gasteiger partial charge is 0.439 e. The number of alkyl halides is 3. The molecular weight excluding hydrogens is 394 g/mol. The lowest BCUT2D eigenvalue weighted by atomic mass is 10.2. The molecule has 0 spiro atoms. The maximum absolute atomic E-state index is 12.5. The van der Waals surface area contributed by atoms with E-state index in [-0.39, 0.29) is 17.3 Å². The van der Waals surface area contributed by atoms with Gasteiger partial charge in [0, 0.05) is 24.4 Å². The van der Waals surface area contributed by atoms with Crippen LogP contribution >= 0.6 is 7.60 Å². The fourth-order valence-electron chi connectivity index (χ4n) is 1.89. The zero-order valence-corrected chi connectivity index (χ0v) is 14.4. The van der Waals surface area contributed by atoms with Gasteiger partial charge in [-0.1, -0.05) is 0 Å². The molecule has 0 aliphatic heterocycles. The maximum Gasteiger partial charge on any atom is 0.417 e. The van der Waals surface area contributed by atoms with E-state index in [0.717, 1.165) is 31.2 Å². The third-order valence-electron chi connectivity index (χ3n) is 3.32. The van der Waals surface area contributed by atoms with Crippen molar-refractivity contribution < 1.29 is 37.2 Å². The molecule has 1 aromatic carbocycles. The Bertz CT molecular complexity index is 885.